The van der Waals surface area contributed by atoms with Gasteiger partial charge in [0.05, 0.1) is 5.66 Å². The summed E-state index contributed by atoms with van der Waals surface area (Å²) in [7, 11) is -3.05. The fourth-order valence-electron chi connectivity index (χ4n) is 3.32. The summed E-state index contributed by atoms with van der Waals surface area (Å²) >= 11 is 0. The van der Waals surface area contributed by atoms with Crippen LogP contribution in [0.2, 0.25) is 0 Å². The van der Waals surface area contributed by atoms with Gasteiger partial charge >= 0.3 is 0 Å². The number of hydrogen-bond donors (Lipinski definition) is 0. The fraction of sp³-hybridized carbons (Fsp3) is 0.160. The number of ketones is 1. The van der Waals surface area contributed by atoms with E-state index in [0.29, 0.717) is 12.8 Å². The Kier molecular flexibility index (Phi) is 6.79. The predicted molar refractivity (Wildman–Crippen MR) is 119 cm³/mol. The molecule has 0 heterocycles. The summed E-state index contributed by atoms with van der Waals surface area (Å²) < 4.78 is 14.2. The van der Waals surface area contributed by atoms with Crippen LogP contribution in [-0.4, -0.2) is 11.4 Å². The van der Waals surface area contributed by atoms with Crippen molar-refractivity contribution in [1.29, 1.82) is 0 Å². The molecular formula is C25H25O2P. The number of rotatable bonds is 8. The van der Waals surface area contributed by atoms with Crippen molar-refractivity contribution in [3.63, 3.8) is 0 Å². The van der Waals surface area contributed by atoms with Crippen molar-refractivity contribution >= 4 is 29.6 Å². The van der Waals surface area contributed by atoms with Gasteiger partial charge in [-0.3, -0.25) is 4.79 Å². The molecule has 0 fully saturated rings. The zero-order valence-electron chi connectivity index (χ0n) is 16.1. The summed E-state index contributed by atoms with van der Waals surface area (Å²) in [4.78, 5) is 12.9. The van der Waals surface area contributed by atoms with Crippen LogP contribution in [0.5, 0.6) is 0 Å². The Hall–Kier alpha value is -2.70. The second-order valence-corrected chi connectivity index (χ2v) is 9.95. The molecule has 1 unspecified atom stereocenters. The van der Waals surface area contributed by atoms with Crippen molar-refractivity contribution < 1.29 is 9.36 Å². The summed E-state index contributed by atoms with van der Waals surface area (Å²) in [6.07, 6.45) is 5.05. The Morgan fingerprint density at radius 3 is 1.79 bits per heavy atom. The van der Waals surface area contributed by atoms with Gasteiger partial charge in [0.1, 0.15) is 5.78 Å². The van der Waals surface area contributed by atoms with Crippen LogP contribution in [-0.2, 0) is 9.36 Å². The standard InChI is InChI=1S/C25H25O2P/c1-21(25(26)20-12-11-15-22-13-5-2-6-14-22)28(27,23-16-7-3-8-17-23)24-18-9-4-10-19-24/h2-11,13-19,21H,12,20H2,1H3. The normalized spacial score (nSPS) is 12.8. The zero-order chi connectivity index (χ0) is 19.8. The molecule has 3 aromatic rings. The van der Waals surface area contributed by atoms with E-state index in [2.05, 4.69) is 0 Å². The molecule has 0 amide bonds. The van der Waals surface area contributed by atoms with E-state index in [0.717, 1.165) is 16.2 Å². The van der Waals surface area contributed by atoms with Crippen LogP contribution in [0.25, 0.3) is 6.08 Å². The summed E-state index contributed by atoms with van der Waals surface area (Å²) in [6, 6.07) is 28.8. The number of carbonyl (C=O) groups is 1. The van der Waals surface area contributed by atoms with E-state index >= 15 is 0 Å². The lowest BCUT2D eigenvalue weighted by Gasteiger charge is -2.25. The van der Waals surface area contributed by atoms with E-state index < -0.39 is 12.8 Å². The van der Waals surface area contributed by atoms with E-state index in [1.165, 1.54) is 0 Å². The largest absolute Gasteiger partial charge is 0.313 e. The van der Waals surface area contributed by atoms with E-state index in [4.69, 9.17) is 0 Å². The molecule has 3 aromatic carbocycles. The van der Waals surface area contributed by atoms with Crippen LogP contribution in [0, 0.1) is 0 Å². The van der Waals surface area contributed by atoms with Gasteiger partial charge in [-0.15, -0.1) is 0 Å². The van der Waals surface area contributed by atoms with Crippen LogP contribution in [0.4, 0.5) is 0 Å². The Morgan fingerprint density at radius 1 is 0.821 bits per heavy atom. The van der Waals surface area contributed by atoms with Gasteiger partial charge in [-0.1, -0.05) is 103 Å². The average Bonchev–Trinajstić information content (AvgIpc) is 2.77. The predicted octanol–water partition coefficient (Wildman–Crippen LogP) is 5.45. The third-order valence-electron chi connectivity index (χ3n) is 4.96. The topological polar surface area (TPSA) is 34.1 Å². The molecule has 0 aliphatic heterocycles. The molecule has 1 atom stereocenters. The van der Waals surface area contributed by atoms with Crippen molar-refractivity contribution in [3.05, 3.63) is 103 Å². The van der Waals surface area contributed by atoms with Gasteiger partial charge in [0.2, 0.25) is 0 Å². The van der Waals surface area contributed by atoms with Crippen molar-refractivity contribution in [3.8, 4) is 0 Å². The van der Waals surface area contributed by atoms with Crippen LogP contribution in [0.15, 0.2) is 97.1 Å². The smallest absolute Gasteiger partial charge is 0.153 e. The molecule has 3 heteroatoms. The van der Waals surface area contributed by atoms with Gasteiger partial charge in [0, 0.05) is 17.0 Å². The van der Waals surface area contributed by atoms with Crippen molar-refractivity contribution in [2.45, 2.75) is 25.4 Å². The van der Waals surface area contributed by atoms with E-state index in [1.54, 1.807) is 0 Å². The van der Waals surface area contributed by atoms with Crippen LogP contribution in [0.3, 0.4) is 0 Å². The maximum absolute atomic E-state index is 14.2. The number of Topliss-reactive ketones (excluding diaryl/α,β-unsaturated/α-hetero) is 1. The van der Waals surface area contributed by atoms with Crippen LogP contribution < -0.4 is 10.6 Å². The number of carbonyl (C=O) groups excluding carboxylic acids is 1. The summed E-state index contributed by atoms with van der Waals surface area (Å²) in [5.74, 6) is 0.0359. The first-order valence-electron chi connectivity index (χ1n) is 9.57. The molecule has 0 saturated heterocycles. The molecule has 28 heavy (non-hydrogen) atoms. The summed E-state index contributed by atoms with van der Waals surface area (Å²) in [5.41, 5.74) is 0.560. The minimum atomic E-state index is -3.05. The van der Waals surface area contributed by atoms with E-state index in [-0.39, 0.29) is 5.78 Å². The van der Waals surface area contributed by atoms with Crippen molar-refractivity contribution in [2.75, 3.05) is 0 Å². The lowest BCUT2D eigenvalue weighted by atomic mass is 10.1. The van der Waals surface area contributed by atoms with Gasteiger partial charge in [0.15, 0.2) is 7.14 Å². The van der Waals surface area contributed by atoms with Crippen LogP contribution >= 0.6 is 7.14 Å². The van der Waals surface area contributed by atoms with Gasteiger partial charge in [0.25, 0.3) is 0 Å². The molecule has 3 rings (SSSR count). The van der Waals surface area contributed by atoms with Gasteiger partial charge in [-0.2, -0.15) is 0 Å². The molecule has 0 N–H and O–H groups in total. The van der Waals surface area contributed by atoms with Crippen molar-refractivity contribution in [2.24, 2.45) is 0 Å². The molecule has 0 aliphatic rings. The second kappa shape index (κ2) is 9.48. The molecule has 0 radical (unpaired) electrons. The third kappa shape index (κ3) is 4.58. The monoisotopic (exact) mass is 388 g/mol. The maximum Gasteiger partial charge on any atom is 0.153 e. The number of hydrogen-bond acceptors (Lipinski definition) is 2. The van der Waals surface area contributed by atoms with Gasteiger partial charge in [-0.25, -0.2) is 0 Å². The molecule has 0 aromatic heterocycles. The first-order valence-corrected chi connectivity index (χ1v) is 11.3. The van der Waals surface area contributed by atoms with E-state index in [9.17, 15) is 9.36 Å². The second-order valence-electron chi connectivity index (χ2n) is 6.82. The van der Waals surface area contributed by atoms with E-state index in [1.807, 2.05) is 110 Å². The quantitative estimate of drug-likeness (QED) is 0.481. The zero-order valence-corrected chi connectivity index (χ0v) is 17.0. The summed E-state index contributed by atoms with van der Waals surface area (Å²) in [6.45, 7) is 1.81. The molecule has 2 nitrogen and oxygen atoms in total. The average molecular weight is 388 g/mol. The van der Waals surface area contributed by atoms with Crippen LogP contribution in [0.1, 0.15) is 25.3 Å². The summed E-state index contributed by atoms with van der Waals surface area (Å²) in [5, 5.41) is 1.48. The first kappa shape index (κ1) is 20.0. The molecule has 0 bridgehead atoms. The number of allylic oxidation sites excluding steroid dienone is 1. The lowest BCUT2D eigenvalue weighted by molar-refractivity contribution is -0.118. The minimum absolute atomic E-state index is 0.0359. The Morgan fingerprint density at radius 2 is 1.29 bits per heavy atom. The highest BCUT2D eigenvalue weighted by Gasteiger charge is 2.37. The highest BCUT2D eigenvalue weighted by molar-refractivity contribution is 7.80. The van der Waals surface area contributed by atoms with Gasteiger partial charge in [-0.05, 0) is 18.9 Å². The highest BCUT2D eigenvalue weighted by Crippen LogP contribution is 2.49. The molecule has 0 saturated carbocycles. The van der Waals surface area contributed by atoms with Crippen molar-refractivity contribution in [1.82, 2.24) is 0 Å². The SMILES string of the molecule is CC(C(=O)CCC=Cc1ccccc1)P(=O)(c1ccccc1)c1ccccc1. The van der Waals surface area contributed by atoms with Gasteiger partial charge < -0.3 is 4.57 Å². The minimum Gasteiger partial charge on any atom is -0.313 e. The lowest BCUT2D eigenvalue weighted by Crippen LogP contribution is -2.29. The molecular weight excluding hydrogens is 363 g/mol. The maximum atomic E-state index is 14.2. The molecule has 142 valence electrons. The Labute approximate surface area is 167 Å². The number of benzene rings is 3. The fourth-order valence-corrected chi connectivity index (χ4v) is 6.27. The molecule has 0 spiro atoms. The first-order chi connectivity index (χ1) is 13.6. The highest BCUT2D eigenvalue weighted by atomic mass is 31.2. The third-order valence-corrected chi connectivity index (χ3v) is 8.47. The molecule has 0 aliphatic carbocycles. The Balaban J connectivity index is 1.78. The Bertz CT molecular complexity index is 920.